The summed E-state index contributed by atoms with van der Waals surface area (Å²) in [6, 6.07) is 11.3. The van der Waals surface area contributed by atoms with Gasteiger partial charge < -0.3 is 56.8 Å². The smallest absolute Gasteiger partial charge is 0.487 e. The van der Waals surface area contributed by atoms with E-state index in [-0.39, 0.29) is 0 Å². The molecule has 0 spiro atoms. The quantitative estimate of drug-likeness (QED) is 0.0735. The fourth-order valence-corrected chi connectivity index (χ4v) is 6.94. The summed E-state index contributed by atoms with van der Waals surface area (Å²) in [5.41, 5.74) is 2.24. The molecule has 2 aromatic rings. The molecule has 0 radical (unpaired) electrons. The molecule has 76 heavy (non-hydrogen) atoms. The monoisotopic (exact) mass is 1140 g/mol. The van der Waals surface area contributed by atoms with Crippen molar-refractivity contribution in [2.75, 3.05) is 152 Å². The van der Waals surface area contributed by atoms with Gasteiger partial charge in [-0.25, -0.2) is 0 Å². The number of benzene rings is 2. The van der Waals surface area contributed by atoms with Gasteiger partial charge in [-0.05, 0) is 48.0 Å². The number of hydrogen-bond acceptors (Lipinski definition) is 22. The first-order valence-corrected chi connectivity index (χ1v) is 25.8. The predicted molar refractivity (Wildman–Crippen MR) is 253 cm³/mol. The molecule has 1 unspecified atom stereocenters. The molecule has 426 valence electrons. The van der Waals surface area contributed by atoms with E-state index in [9.17, 15) is 43.2 Å². The van der Waals surface area contributed by atoms with Crippen LogP contribution in [0.2, 0.25) is 0 Å². The van der Waals surface area contributed by atoms with Crippen LogP contribution >= 0.6 is 0 Å². The number of ether oxygens (including phenoxy) is 12. The zero-order chi connectivity index (χ0) is 55.1. The normalized spacial score (nSPS) is 19.0. The van der Waals surface area contributed by atoms with Crippen LogP contribution in [-0.2, 0) is 66.5 Å². The van der Waals surface area contributed by atoms with Gasteiger partial charge >= 0.3 is 31.3 Å². The second kappa shape index (κ2) is 33.7. The minimum Gasteiger partial charge on any atom is -0.487 e. The van der Waals surface area contributed by atoms with E-state index in [0.717, 1.165) is 23.4 Å². The van der Waals surface area contributed by atoms with E-state index >= 15 is 0 Å². The Morgan fingerprint density at radius 2 is 1.05 bits per heavy atom. The lowest BCUT2D eigenvalue weighted by Gasteiger charge is -2.19. The van der Waals surface area contributed by atoms with Crippen molar-refractivity contribution in [1.29, 1.82) is 0 Å². The van der Waals surface area contributed by atoms with Crippen LogP contribution in [0.25, 0.3) is 16.1 Å². The molecule has 0 aliphatic carbocycles. The van der Waals surface area contributed by atoms with Crippen molar-refractivity contribution in [2.24, 2.45) is 5.11 Å². The maximum absolute atomic E-state index is 12.0. The summed E-state index contributed by atoms with van der Waals surface area (Å²) in [7, 11) is -12.5. The van der Waals surface area contributed by atoms with Crippen molar-refractivity contribution in [2.45, 2.75) is 17.1 Å². The number of halogens is 6. The van der Waals surface area contributed by atoms with Gasteiger partial charge in [0.25, 0.3) is 0 Å². The summed E-state index contributed by atoms with van der Waals surface area (Å²) in [5, 5.41) is 6.61. The van der Waals surface area contributed by atoms with Crippen LogP contribution in [0.3, 0.4) is 0 Å². The highest BCUT2D eigenvalue weighted by Crippen LogP contribution is 2.33. The molecule has 24 nitrogen and oxygen atoms in total. The molecule has 4 aliphatic rings. The van der Waals surface area contributed by atoms with E-state index < -0.39 is 50.5 Å². The molecule has 2 aromatic carbocycles. The summed E-state index contributed by atoms with van der Waals surface area (Å²) in [6.45, 7) is 7.79. The minimum absolute atomic E-state index is 0.407. The van der Waals surface area contributed by atoms with Gasteiger partial charge in [0, 0.05) is 28.4 Å². The van der Waals surface area contributed by atoms with Gasteiger partial charge in [-0.2, -0.15) is 43.2 Å². The first kappa shape index (κ1) is 63.2. The van der Waals surface area contributed by atoms with Crippen LogP contribution in [0.5, 0.6) is 23.0 Å². The van der Waals surface area contributed by atoms with Gasteiger partial charge in [0.05, 0.1) is 131 Å². The van der Waals surface area contributed by atoms with E-state index in [1.165, 1.54) is 0 Å². The van der Waals surface area contributed by atoms with E-state index in [1.807, 2.05) is 51.7 Å². The van der Waals surface area contributed by atoms with Crippen molar-refractivity contribution in [3.8, 4) is 35.3 Å². The lowest BCUT2D eigenvalue weighted by Crippen LogP contribution is -2.36. The number of hydrazine groups is 2. The number of fused-ring (bicyclic) bond motifs is 3. The second-order valence-corrected chi connectivity index (χ2v) is 18.1. The highest BCUT2D eigenvalue weighted by Gasteiger charge is 2.50. The number of azide groups is 1. The van der Waals surface area contributed by atoms with Crippen molar-refractivity contribution >= 4 is 25.9 Å². The lowest BCUT2D eigenvalue weighted by molar-refractivity contribution is -0.0626. The van der Waals surface area contributed by atoms with E-state index in [4.69, 9.17) is 68.8 Å². The van der Waals surface area contributed by atoms with Gasteiger partial charge in [-0.3, -0.25) is 18.8 Å². The van der Waals surface area contributed by atoms with E-state index in [0.29, 0.717) is 155 Å². The predicted octanol–water partition coefficient (Wildman–Crippen LogP) is 4.29. The first-order chi connectivity index (χ1) is 36.4. The van der Waals surface area contributed by atoms with Crippen LogP contribution in [0.1, 0.15) is 11.1 Å². The molecular formula is C44H58F6N6O18S2. The third-order valence-corrected chi connectivity index (χ3v) is 11.6. The molecule has 0 bridgehead atoms. The number of alkyl halides is 6. The molecule has 0 amide bonds. The van der Waals surface area contributed by atoms with Crippen LogP contribution in [0, 0.1) is 12.3 Å². The number of rotatable bonds is 8. The van der Waals surface area contributed by atoms with Crippen molar-refractivity contribution < 1.29 is 108 Å². The van der Waals surface area contributed by atoms with E-state index in [1.54, 1.807) is 12.1 Å². The second-order valence-electron chi connectivity index (χ2n) is 15.0. The summed E-state index contributed by atoms with van der Waals surface area (Å²) >= 11 is 0. The number of hydrogen-bond donors (Lipinski definition) is 1. The third kappa shape index (κ3) is 23.5. The SMILES string of the molecule is C#Cc1ccc2c(c1)OCCOCCOCCOCCOCCO2.C1=CN2C=C(c3ccc4c(c3)OCCOCCOCCOCCOCCO4)NN2C1.[N-]=[N+]=NCC(COS(=O)(=O)C(F)(F)F)OS(=O)(=O)C(F)(F)F. The molecule has 4 heterocycles. The summed E-state index contributed by atoms with van der Waals surface area (Å²) < 4.78 is 188. The van der Waals surface area contributed by atoms with Gasteiger partial charge in [-0.1, -0.05) is 11.0 Å². The molecule has 0 saturated heterocycles. The highest BCUT2D eigenvalue weighted by atomic mass is 32.2. The summed E-state index contributed by atoms with van der Waals surface area (Å²) in [5.74, 6) is 5.19. The molecule has 1 N–H and O–H groups in total. The molecular weight excluding hydrogens is 1080 g/mol. The van der Waals surface area contributed by atoms with Gasteiger partial charge in [0.2, 0.25) is 0 Å². The van der Waals surface area contributed by atoms with Gasteiger partial charge in [0.1, 0.15) is 32.5 Å². The number of terminal acetylenes is 1. The lowest BCUT2D eigenvalue weighted by atomic mass is 10.1. The van der Waals surface area contributed by atoms with Gasteiger partial charge in [0.15, 0.2) is 23.0 Å². The van der Waals surface area contributed by atoms with Crippen LogP contribution in [0.15, 0.2) is 60.0 Å². The Hall–Kier alpha value is -5.37. The maximum Gasteiger partial charge on any atom is 0.523 e. The van der Waals surface area contributed by atoms with Crippen LogP contribution in [0.4, 0.5) is 26.3 Å². The third-order valence-electron chi connectivity index (χ3n) is 9.45. The molecule has 0 aromatic heterocycles. The molecule has 0 saturated carbocycles. The van der Waals surface area contributed by atoms with Crippen molar-refractivity contribution in [1.82, 2.24) is 15.6 Å². The van der Waals surface area contributed by atoms with Crippen molar-refractivity contribution in [3.63, 3.8) is 0 Å². The fourth-order valence-electron chi connectivity index (χ4n) is 5.89. The molecule has 1 atom stereocenters. The molecule has 6 rings (SSSR count). The Morgan fingerprint density at radius 3 is 1.47 bits per heavy atom. The van der Waals surface area contributed by atoms with E-state index in [2.05, 4.69) is 30.9 Å². The Balaban J connectivity index is 0.000000251. The average molecular weight is 1140 g/mol. The Kier molecular flexibility index (Phi) is 28.0. The zero-order valence-corrected chi connectivity index (χ0v) is 42.4. The number of nitrogens with one attached hydrogen (secondary N) is 1. The largest absolute Gasteiger partial charge is 0.523 e. The molecule has 4 aliphatic heterocycles. The standard InChI is InChI=1S/C21H29N3O6.C18H24O6.C5H5F6N3O6S2/c1-4-23-17-19(22-24(23)5-1)18-2-3-20-21(16-18)30-15-13-28-11-9-26-7-6-25-8-10-27-12-14-29-20;1-2-16-3-4-17-18(15-16)24-14-12-22-10-8-20-6-5-19-7-9-21-11-13-23-17;6-4(7,8)21(15,16)19-2-3(1-13-14-12)20-22(17,18)5(9,10)11/h1-4,16-17,22H,5-15H2;1,3-4,15H,5-14H2;3H,1-2H2. The van der Waals surface area contributed by atoms with Crippen LogP contribution < -0.4 is 24.4 Å². The first-order valence-electron chi connectivity index (χ1n) is 23.0. The molecule has 32 heteroatoms. The Labute approximate surface area is 434 Å². The fraction of sp³-hybridized carbons (Fsp3) is 0.591. The zero-order valence-electron chi connectivity index (χ0n) is 40.8. The maximum atomic E-state index is 12.0. The topological polar surface area (TPSA) is 265 Å². The summed E-state index contributed by atoms with van der Waals surface area (Å²) in [4.78, 5) is 2.00. The van der Waals surface area contributed by atoms with Gasteiger partial charge in [-0.15, -0.1) is 11.5 Å². The Morgan fingerprint density at radius 1 is 0.632 bits per heavy atom. The Bertz CT molecular complexity index is 2430. The number of nitrogens with zero attached hydrogens (tertiary/aromatic N) is 5. The highest BCUT2D eigenvalue weighted by molar-refractivity contribution is 7.88. The van der Waals surface area contributed by atoms with Crippen molar-refractivity contribution in [3.05, 3.63) is 76.4 Å². The average Bonchev–Trinajstić information content (AvgIpc) is 4.01. The molecule has 0 fully saturated rings. The van der Waals surface area contributed by atoms with Crippen LogP contribution in [-0.4, -0.2) is 196 Å². The minimum atomic E-state index is -6.27. The summed E-state index contributed by atoms with van der Waals surface area (Å²) in [6.07, 6.45) is 9.16.